The predicted octanol–water partition coefficient (Wildman–Crippen LogP) is 2.40. The van der Waals surface area contributed by atoms with Crippen molar-refractivity contribution in [2.45, 2.75) is 51.4 Å². The summed E-state index contributed by atoms with van der Waals surface area (Å²) in [5, 5.41) is 3.34. The highest BCUT2D eigenvalue weighted by Crippen LogP contribution is 2.24. The molecule has 0 aromatic rings. The van der Waals surface area contributed by atoms with Crippen molar-refractivity contribution in [2.75, 3.05) is 19.6 Å². The highest BCUT2D eigenvalue weighted by atomic mass is 19.4. The Labute approximate surface area is 95.2 Å². The van der Waals surface area contributed by atoms with Crippen LogP contribution in [0.1, 0.15) is 33.1 Å². The summed E-state index contributed by atoms with van der Waals surface area (Å²) in [4.78, 5) is 1.95. The van der Waals surface area contributed by atoms with Crippen LogP contribution in [0.5, 0.6) is 0 Å². The van der Waals surface area contributed by atoms with Gasteiger partial charge in [-0.15, -0.1) is 0 Å². The molecule has 1 N–H and O–H groups in total. The van der Waals surface area contributed by atoms with Crippen molar-refractivity contribution in [1.29, 1.82) is 0 Å². The second-order valence-electron chi connectivity index (χ2n) is 4.60. The summed E-state index contributed by atoms with van der Waals surface area (Å²) in [6, 6.07) is -0.0455. The fourth-order valence-electron chi connectivity index (χ4n) is 2.26. The molecule has 1 aliphatic heterocycles. The van der Waals surface area contributed by atoms with Crippen molar-refractivity contribution in [3.8, 4) is 0 Å². The van der Waals surface area contributed by atoms with Crippen molar-refractivity contribution < 1.29 is 13.2 Å². The fraction of sp³-hybridized carbons (Fsp3) is 1.00. The summed E-state index contributed by atoms with van der Waals surface area (Å²) in [5.41, 5.74) is 0. The molecule has 1 saturated heterocycles. The molecular formula is C11H21F3N2. The number of rotatable bonds is 4. The number of hydrogen-bond donors (Lipinski definition) is 1. The second-order valence-corrected chi connectivity index (χ2v) is 4.60. The largest absolute Gasteiger partial charge is 0.390 e. The van der Waals surface area contributed by atoms with Crippen LogP contribution in [0.25, 0.3) is 0 Å². The van der Waals surface area contributed by atoms with Gasteiger partial charge in [0.25, 0.3) is 0 Å². The number of halogens is 3. The number of piperazine rings is 1. The first-order valence-electron chi connectivity index (χ1n) is 5.96. The standard InChI is InChI=1S/C11H21F3N2/c1-3-4-10-8-16(6-5-15-10)9(2)7-11(12,13)14/h9-10,15H,3-8H2,1-2H3. The van der Waals surface area contributed by atoms with E-state index >= 15 is 0 Å². The molecule has 2 atom stereocenters. The van der Waals surface area contributed by atoms with Crippen molar-refractivity contribution in [2.24, 2.45) is 0 Å². The Morgan fingerprint density at radius 2 is 2.12 bits per heavy atom. The lowest BCUT2D eigenvalue weighted by Crippen LogP contribution is -2.53. The lowest BCUT2D eigenvalue weighted by Gasteiger charge is -2.37. The molecular weight excluding hydrogens is 217 g/mol. The molecule has 0 radical (unpaired) electrons. The van der Waals surface area contributed by atoms with Crippen molar-refractivity contribution >= 4 is 0 Å². The molecule has 1 fully saturated rings. The van der Waals surface area contributed by atoms with Gasteiger partial charge in [-0.2, -0.15) is 13.2 Å². The van der Waals surface area contributed by atoms with Gasteiger partial charge in [-0.3, -0.25) is 4.90 Å². The lowest BCUT2D eigenvalue weighted by atomic mass is 10.1. The molecule has 0 bridgehead atoms. The van der Waals surface area contributed by atoms with Crippen LogP contribution in [-0.2, 0) is 0 Å². The van der Waals surface area contributed by atoms with E-state index in [1.807, 2.05) is 4.90 Å². The third kappa shape index (κ3) is 4.70. The first-order valence-corrected chi connectivity index (χ1v) is 5.96. The van der Waals surface area contributed by atoms with E-state index in [9.17, 15) is 13.2 Å². The van der Waals surface area contributed by atoms with Gasteiger partial charge in [-0.1, -0.05) is 13.3 Å². The number of alkyl halides is 3. The summed E-state index contributed by atoms with van der Waals surface area (Å²) < 4.78 is 36.8. The molecule has 96 valence electrons. The number of nitrogens with zero attached hydrogens (tertiary/aromatic N) is 1. The van der Waals surface area contributed by atoms with E-state index < -0.39 is 18.6 Å². The molecule has 1 heterocycles. The van der Waals surface area contributed by atoms with Crippen LogP contribution >= 0.6 is 0 Å². The van der Waals surface area contributed by atoms with Gasteiger partial charge in [-0.05, 0) is 13.3 Å². The molecule has 0 aliphatic carbocycles. The van der Waals surface area contributed by atoms with E-state index in [0.29, 0.717) is 6.04 Å². The lowest BCUT2D eigenvalue weighted by molar-refractivity contribution is -0.147. The first kappa shape index (κ1) is 13.8. The van der Waals surface area contributed by atoms with Crippen LogP contribution in [0.15, 0.2) is 0 Å². The molecule has 2 unspecified atom stereocenters. The number of hydrogen-bond acceptors (Lipinski definition) is 2. The van der Waals surface area contributed by atoms with Gasteiger partial charge in [0.05, 0.1) is 6.42 Å². The molecule has 0 saturated carbocycles. The van der Waals surface area contributed by atoms with E-state index in [0.717, 1.165) is 32.5 Å². The highest BCUT2D eigenvalue weighted by molar-refractivity contribution is 4.82. The summed E-state index contributed by atoms with van der Waals surface area (Å²) in [5.74, 6) is 0. The van der Waals surface area contributed by atoms with Gasteiger partial charge in [0.1, 0.15) is 0 Å². The summed E-state index contributed by atoms with van der Waals surface area (Å²) in [7, 11) is 0. The van der Waals surface area contributed by atoms with E-state index in [1.54, 1.807) is 6.92 Å². The van der Waals surface area contributed by atoms with Gasteiger partial charge in [0, 0.05) is 31.7 Å². The number of nitrogens with one attached hydrogen (secondary N) is 1. The molecule has 0 spiro atoms. The zero-order chi connectivity index (χ0) is 12.2. The smallest absolute Gasteiger partial charge is 0.311 e. The maximum atomic E-state index is 12.3. The minimum atomic E-state index is -4.05. The van der Waals surface area contributed by atoms with Gasteiger partial charge >= 0.3 is 6.18 Å². The second kappa shape index (κ2) is 5.87. The molecule has 1 rings (SSSR count). The topological polar surface area (TPSA) is 15.3 Å². The normalized spacial score (nSPS) is 25.7. The summed E-state index contributed by atoms with van der Waals surface area (Å²) >= 11 is 0. The predicted molar refractivity (Wildman–Crippen MR) is 58.4 cm³/mol. The zero-order valence-corrected chi connectivity index (χ0v) is 9.98. The molecule has 0 aromatic carbocycles. The van der Waals surface area contributed by atoms with Gasteiger partial charge in [0.2, 0.25) is 0 Å². The van der Waals surface area contributed by atoms with E-state index in [4.69, 9.17) is 0 Å². The zero-order valence-electron chi connectivity index (χ0n) is 9.98. The molecule has 0 amide bonds. The Balaban J connectivity index is 2.40. The highest BCUT2D eigenvalue weighted by Gasteiger charge is 2.33. The molecule has 0 aromatic heterocycles. The Morgan fingerprint density at radius 1 is 1.44 bits per heavy atom. The van der Waals surface area contributed by atoms with Crippen molar-refractivity contribution in [3.05, 3.63) is 0 Å². The Bertz CT molecular complexity index is 204. The average molecular weight is 238 g/mol. The van der Waals surface area contributed by atoms with Crippen LogP contribution in [0.2, 0.25) is 0 Å². The maximum absolute atomic E-state index is 12.3. The van der Waals surface area contributed by atoms with E-state index in [1.165, 1.54) is 0 Å². The van der Waals surface area contributed by atoms with E-state index in [-0.39, 0.29) is 0 Å². The monoisotopic (exact) mass is 238 g/mol. The minimum absolute atomic E-state index is 0.356. The van der Waals surface area contributed by atoms with Crippen LogP contribution in [0.4, 0.5) is 13.2 Å². The summed E-state index contributed by atoms with van der Waals surface area (Å²) in [6.07, 6.45) is -2.65. The van der Waals surface area contributed by atoms with Crippen molar-refractivity contribution in [1.82, 2.24) is 10.2 Å². The van der Waals surface area contributed by atoms with Gasteiger partial charge in [0.15, 0.2) is 0 Å². The first-order chi connectivity index (χ1) is 7.42. The summed E-state index contributed by atoms with van der Waals surface area (Å²) in [6.45, 7) is 6.02. The third-order valence-electron chi connectivity index (χ3n) is 3.07. The molecule has 1 aliphatic rings. The Morgan fingerprint density at radius 3 is 2.69 bits per heavy atom. The van der Waals surface area contributed by atoms with Crippen LogP contribution < -0.4 is 5.32 Å². The van der Waals surface area contributed by atoms with E-state index in [2.05, 4.69) is 12.2 Å². The van der Waals surface area contributed by atoms with Gasteiger partial charge in [-0.25, -0.2) is 0 Å². The van der Waals surface area contributed by atoms with Gasteiger partial charge < -0.3 is 5.32 Å². The average Bonchev–Trinajstić information content (AvgIpc) is 2.16. The van der Waals surface area contributed by atoms with Crippen molar-refractivity contribution in [3.63, 3.8) is 0 Å². The Kier molecular flexibility index (Phi) is 5.05. The molecule has 2 nitrogen and oxygen atoms in total. The Hall–Kier alpha value is -0.290. The quantitative estimate of drug-likeness (QED) is 0.809. The van der Waals surface area contributed by atoms with Crippen LogP contribution in [0.3, 0.4) is 0 Å². The fourth-order valence-corrected chi connectivity index (χ4v) is 2.26. The minimum Gasteiger partial charge on any atom is -0.311 e. The molecule has 5 heteroatoms. The SMILES string of the molecule is CCCC1CN(C(C)CC(F)(F)F)CCN1. The molecule has 16 heavy (non-hydrogen) atoms. The van der Waals surface area contributed by atoms with Crippen LogP contribution in [-0.4, -0.2) is 42.8 Å². The maximum Gasteiger partial charge on any atom is 0.390 e. The third-order valence-corrected chi connectivity index (χ3v) is 3.07. The van der Waals surface area contributed by atoms with Crippen LogP contribution in [0, 0.1) is 0 Å².